The predicted octanol–water partition coefficient (Wildman–Crippen LogP) is 2.88. The number of para-hydroxylation sites is 1. The number of furan rings is 1. The van der Waals surface area contributed by atoms with Crippen molar-refractivity contribution in [3.8, 4) is 10.8 Å². The van der Waals surface area contributed by atoms with Gasteiger partial charge in [-0.05, 0) is 24.3 Å². The molecule has 3 heterocycles. The van der Waals surface area contributed by atoms with Crippen molar-refractivity contribution in [1.82, 2.24) is 15.2 Å². The standard InChI is InChI=1S/C21H24N4O2S/c26-20(15-17-16-28-21(23-17)19-7-4-14-27-19)22-8-9-24-10-12-25(13-11-24)18-5-2-1-3-6-18/h1-7,14,16H,8-13,15H2,(H,22,26). The van der Waals surface area contributed by atoms with E-state index in [0.717, 1.165) is 49.2 Å². The van der Waals surface area contributed by atoms with E-state index < -0.39 is 0 Å². The molecular formula is C21H24N4O2S. The second-order valence-electron chi connectivity index (χ2n) is 6.81. The highest BCUT2D eigenvalue weighted by molar-refractivity contribution is 7.13. The topological polar surface area (TPSA) is 61.6 Å². The molecule has 1 fully saturated rings. The maximum Gasteiger partial charge on any atom is 0.226 e. The first-order chi connectivity index (χ1) is 13.8. The molecule has 4 rings (SSSR count). The molecule has 2 aromatic heterocycles. The minimum Gasteiger partial charge on any atom is -0.462 e. The molecular weight excluding hydrogens is 372 g/mol. The number of benzene rings is 1. The van der Waals surface area contributed by atoms with E-state index in [1.54, 1.807) is 6.26 Å². The van der Waals surface area contributed by atoms with Crippen LogP contribution in [0.4, 0.5) is 5.69 Å². The molecule has 6 nitrogen and oxygen atoms in total. The SMILES string of the molecule is O=C(Cc1csc(-c2ccco2)n1)NCCN1CCN(c2ccccc2)CC1. The van der Waals surface area contributed by atoms with Gasteiger partial charge in [0.05, 0.1) is 18.4 Å². The highest BCUT2D eigenvalue weighted by Gasteiger charge is 2.17. The van der Waals surface area contributed by atoms with Crippen LogP contribution in [0.2, 0.25) is 0 Å². The minimum absolute atomic E-state index is 0.0132. The molecule has 0 atom stereocenters. The molecule has 1 N–H and O–H groups in total. The first-order valence-electron chi connectivity index (χ1n) is 9.55. The Morgan fingerprint density at radius 1 is 1.11 bits per heavy atom. The quantitative estimate of drug-likeness (QED) is 0.665. The molecule has 1 aliphatic heterocycles. The Morgan fingerprint density at radius 2 is 1.93 bits per heavy atom. The van der Waals surface area contributed by atoms with Crippen molar-refractivity contribution < 1.29 is 9.21 Å². The number of piperazine rings is 1. The van der Waals surface area contributed by atoms with Crippen LogP contribution in [0.25, 0.3) is 10.8 Å². The molecule has 0 bridgehead atoms. The van der Waals surface area contributed by atoms with Crippen molar-refractivity contribution in [3.63, 3.8) is 0 Å². The number of thiazole rings is 1. The van der Waals surface area contributed by atoms with E-state index >= 15 is 0 Å². The summed E-state index contributed by atoms with van der Waals surface area (Å²) in [5.41, 5.74) is 2.07. The van der Waals surface area contributed by atoms with E-state index in [2.05, 4.69) is 44.4 Å². The predicted molar refractivity (Wildman–Crippen MR) is 112 cm³/mol. The number of anilines is 1. The summed E-state index contributed by atoms with van der Waals surface area (Å²) in [5, 5.41) is 5.74. The summed E-state index contributed by atoms with van der Waals surface area (Å²) in [6.07, 6.45) is 1.93. The fourth-order valence-corrected chi connectivity index (χ4v) is 4.14. The summed E-state index contributed by atoms with van der Waals surface area (Å²) in [7, 11) is 0. The van der Waals surface area contributed by atoms with E-state index in [1.807, 2.05) is 23.6 Å². The third kappa shape index (κ3) is 4.79. The summed E-state index contributed by atoms with van der Waals surface area (Å²) in [6.45, 7) is 5.62. The molecule has 1 aromatic carbocycles. The average Bonchev–Trinajstić information content (AvgIpc) is 3.41. The molecule has 0 unspecified atom stereocenters. The monoisotopic (exact) mass is 396 g/mol. The summed E-state index contributed by atoms with van der Waals surface area (Å²) < 4.78 is 5.34. The molecule has 0 spiro atoms. The number of aromatic nitrogens is 1. The fourth-order valence-electron chi connectivity index (χ4n) is 3.35. The Bertz CT molecular complexity index is 871. The zero-order chi connectivity index (χ0) is 19.2. The van der Waals surface area contributed by atoms with Crippen molar-refractivity contribution in [2.75, 3.05) is 44.2 Å². The summed E-state index contributed by atoms with van der Waals surface area (Å²) in [6, 6.07) is 14.2. The molecule has 1 amide bonds. The second-order valence-corrected chi connectivity index (χ2v) is 7.67. The normalized spacial score (nSPS) is 14.9. The Labute approximate surface area is 168 Å². The molecule has 0 radical (unpaired) electrons. The maximum atomic E-state index is 12.2. The molecule has 146 valence electrons. The minimum atomic E-state index is 0.0132. The van der Waals surface area contributed by atoms with Gasteiger partial charge in [0, 0.05) is 50.3 Å². The lowest BCUT2D eigenvalue weighted by Crippen LogP contribution is -2.48. The molecule has 7 heteroatoms. The zero-order valence-corrected chi connectivity index (χ0v) is 16.5. The van der Waals surface area contributed by atoms with Gasteiger partial charge in [-0.2, -0.15) is 0 Å². The number of nitrogens with one attached hydrogen (secondary N) is 1. The Kier molecular flexibility index (Phi) is 6.04. The van der Waals surface area contributed by atoms with Gasteiger partial charge in [0.25, 0.3) is 0 Å². The van der Waals surface area contributed by atoms with Gasteiger partial charge in [0.15, 0.2) is 10.8 Å². The third-order valence-corrected chi connectivity index (χ3v) is 5.77. The van der Waals surface area contributed by atoms with Crippen LogP contribution in [0.1, 0.15) is 5.69 Å². The third-order valence-electron chi connectivity index (χ3n) is 4.87. The van der Waals surface area contributed by atoms with Gasteiger partial charge < -0.3 is 14.6 Å². The number of hydrogen-bond donors (Lipinski definition) is 1. The van der Waals surface area contributed by atoms with Crippen LogP contribution in [0.3, 0.4) is 0 Å². The van der Waals surface area contributed by atoms with Crippen molar-refractivity contribution in [1.29, 1.82) is 0 Å². The summed E-state index contributed by atoms with van der Waals surface area (Å²) in [5.74, 6) is 0.755. The Balaban J connectivity index is 1.16. The smallest absolute Gasteiger partial charge is 0.226 e. The van der Waals surface area contributed by atoms with Crippen molar-refractivity contribution in [2.45, 2.75) is 6.42 Å². The van der Waals surface area contributed by atoms with Crippen molar-refractivity contribution in [3.05, 3.63) is 59.8 Å². The van der Waals surface area contributed by atoms with E-state index in [0.29, 0.717) is 13.0 Å². The van der Waals surface area contributed by atoms with Gasteiger partial charge in [-0.3, -0.25) is 9.69 Å². The molecule has 3 aromatic rings. The van der Waals surface area contributed by atoms with Crippen LogP contribution in [0.5, 0.6) is 0 Å². The average molecular weight is 397 g/mol. The number of carbonyl (C=O) groups is 1. The van der Waals surface area contributed by atoms with Gasteiger partial charge in [0.2, 0.25) is 5.91 Å². The number of hydrogen-bond acceptors (Lipinski definition) is 6. The highest BCUT2D eigenvalue weighted by atomic mass is 32.1. The van der Waals surface area contributed by atoms with Crippen LogP contribution in [0, 0.1) is 0 Å². The number of amides is 1. The Morgan fingerprint density at radius 3 is 2.68 bits per heavy atom. The number of carbonyl (C=O) groups excluding carboxylic acids is 1. The molecule has 1 saturated heterocycles. The van der Waals surface area contributed by atoms with Crippen LogP contribution in [0.15, 0.2) is 58.5 Å². The van der Waals surface area contributed by atoms with Gasteiger partial charge in [-0.15, -0.1) is 11.3 Å². The van der Waals surface area contributed by atoms with Crippen LogP contribution in [-0.2, 0) is 11.2 Å². The molecule has 0 saturated carbocycles. The van der Waals surface area contributed by atoms with Crippen LogP contribution >= 0.6 is 11.3 Å². The van der Waals surface area contributed by atoms with E-state index in [4.69, 9.17) is 4.42 Å². The molecule has 1 aliphatic rings. The summed E-state index contributed by atoms with van der Waals surface area (Å²) >= 11 is 1.50. The lowest BCUT2D eigenvalue weighted by atomic mass is 10.2. The van der Waals surface area contributed by atoms with Gasteiger partial charge in [0.1, 0.15) is 0 Å². The number of nitrogens with zero attached hydrogens (tertiary/aromatic N) is 3. The second kappa shape index (κ2) is 9.03. The first kappa shape index (κ1) is 18.7. The van der Waals surface area contributed by atoms with Crippen LogP contribution in [-0.4, -0.2) is 55.1 Å². The lowest BCUT2D eigenvalue weighted by Gasteiger charge is -2.36. The van der Waals surface area contributed by atoms with E-state index in [1.165, 1.54) is 17.0 Å². The van der Waals surface area contributed by atoms with Gasteiger partial charge in [-0.1, -0.05) is 18.2 Å². The van der Waals surface area contributed by atoms with Crippen molar-refractivity contribution in [2.24, 2.45) is 0 Å². The van der Waals surface area contributed by atoms with E-state index in [9.17, 15) is 4.79 Å². The van der Waals surface area contributed by atoms with E-state index in [-0.39, 0.29) is 5.91 Å². The Hall–Kier alpha value is -2.64. The van der Waals surface area contributed by atoms with Crippen LogP contribution < -0.4 is 10.2 Å². The highest BCUT2D eigenvalue weighted by Crippen LogP contribution is 2.24. The summed E-state index contributed by atoms with van der Waals surface area (Å²) in [4.78, 5) is 21.5. The van der Waals surface area contributed by atoms with Gasteiger partial charge in [-0.25, -0.2) is 4.98 Å². The fraction of sp³-hybridized carbons (Fsp3) is 0.333. The maximum absolute atomic E-state index is 12.2. The van der Waals surface area contributed by atoms with Crippen molar-refractivity contribution >= 4 is 22.9 Å². The largest absolute Gasteiger partial charge is 0.462 e. The zero-order valence-electron chi connectivity index (χ0n) is 15.7. The molecule has 0 aliphatic carbocycles. The number of rotatable bonds is 7. The molecule has 28 heavy (non-hydrogen) atoms. The van der Waals surface area contributed by atoms with Gasteiger partial charge >= 0.3 is 0 Å². The lowest BCUT2D eigenvalue weighted by molar-refractivity contribution is -0.120. The first-order valence-corrected chi connectivity index (χ1v) is 10.4.